The number of halogens is 1. The number of aromatic nitrogens is 2. The van der Waals surface area contributed by atoms with Gasteiger partial charge in [0, 0.05) is 18.0 Å². The maximum atomic E-state index is 12.7. The fourth-order valence-electron chi connectivity index (χ4n) is 3.02. The van der Waals surface area contributed by atoms with Gasteiger partial charge in [0.1, 0.15) is 11.4 Å². The molecule has 0 atom stereocenters. The third kappa shape index (κ3) is 3.44. The van der Waals surface area contributed by atoms with Crippen LogP contribution in [0.3, 0.4) is 0 Å². The molecule has 1 amide bonds. The van der Waals surface area contributed by atoms with Crippen LogP contribution < -0.4 is 10.1 Å². The van der Waals surface area contributed by atoms with Crippen LogP contribution in [0.2, 0.25) is 5.02 Å². The molecular weight excluding hydrogens is 374 g/mol. The van der Waals surface area contributed by atoms with Gasteiger partial charge in [-0.2, -0.15) is 0 Å². The summed E-state index contributed by atoms with van der Waals surface area (Å²) in [5.41, 5.74) is 4.65. The van der Waals surface area contributed by atoms with Crippen LogP contribution in [0, 0.1) is 6.92 Å². The van der Waals surface area contributed by atoms with E-state index in [1.54, 1.807) is 31.4 Å². The van der Waals surface area contributed by atoms with E-state index in [1.807, 2.05) is 54.0 Å². The molecule has 0 bridgehead atoms. The number of rotatable bonds is 4. The molecular formula is C22H18ClN3O2. The van der Waals surface area contributed by atoms with Gasteiger partial charge >= 0.3 is 0 Å². The van der Waals surface area contributed by atoms with Crippen LogP contribution >= 0.6 is 11.6 Å². The van der Waals surface area contributed by atoms with Gasteiger partial charge in [-0.05, 0) is 55.0 Å². The number of carbonyl (C=O) groups excluding carboxylic acids is 1. The minimum Gasteiger partial charge on any atom is -0.495 e. The number of hydrogen-bond acceptors (Lipinski definition) is 3. The van der Waals surface area contributed by atoms with Crippen molar-refractivity contribution in [2.24, 2.45) is 0 Å². The molecule has 5 nitrogen and oxygen atoms in total. The molecule has 0 aliphatic heterocycles. The molecule has 2 aromatic carbocycles. The molecule has 2 heterocycles. The molecule has 1 N–H and O–H groups in total. The Morgan fingerprint density at radius 2 is 1.96 bits per heavy atom. The summed E-state index contributed by atoms with van der Waals surface area (Å²) in [7, 11) is 1.56. The fourth-order valence-corrected chi connectivity index (χ4v) is 3.24. The number of carbonyl (C=O) groups is 1. The van der Waals surface area contributed by atoms with Crippen molar-refractivity contribution < 1.29 is 9.53 Å². The van der Waals surface area contributed by atoms with E-state index in [9.17, 15) is 4.79 Å². The van der Waals surface area contributed by atoms with Crippen molar-refractivity contribution >= 4 is 28.8 Å². The molecule has 2 aromatic heterocycles. The first-order valence-electron chi connectivity index (χ1n) is 8.75. The van der Waals surface area contributed by atoms with E-state index in [2.05, 4.69) is 10.3 Å². The molecule has 0 aliphatic rings. The van der Waals surface area contributed by atoms with Crippen LogP contribution in [0.1, 0.15) is 15.9 Å². The molecule has 0 fully saturated rings. The Bertz CT molecular complexity index is 1180. The smallest absolute Gasteiger partial charge is 0.257 e. The first-order chi connectivity index (χ1) is 13.5. The maximum absolute atomic E-state index is 12.7. The van der Waals surface area contributed by atoms with Crippen molar-refractivity contribution in [3.63, 3.8) is 0 Å². The number of benzene rings is 2. The summed E-state index contributed by atoms with van der Waals surface area (Å²) in [5.74, 6) is 0.260. The van der Waals surface area contributed by atoms with Crippen molar-refractivity contribution in [3.8, 4) is 17.0 Å². The number of hydrogen-bond donors (Lipinski definition) is 1. The van der Waals surface area contributed by atoms with E-state index in [1.165, 1.54) is 0 Å². The molecule has 0 radical (unpaired) electrons. The number of aryl methyl sites for hydroxylation is 1. The number of imidazole rings is 1. The topological polar surface area (TPSA) is 55.6 Å². The van der Waals surface area contributed by atoms with E-state index < -0.39 is 0 Å². The van der Waals surface area contributed by atoms with Gasteiger partial charge in [0.15, 0.2) is 0 Å². The van der Waals surface area contributed by atoms with Crippen LogP contribution in [0.15, 0.2) is 67.0 Å². The fraction of sp³-hybridized carbons (Fsp3) is 0.0909. The highest BCUT2D eigenvalue weighted by Crippen LogP contribution is 2.31. The molecule has 0 saturated carbocycles. The molecule has 140 valence electrons. The van der Waals surface area contributed by atoms with Crippen LogP contribution in [-0.4, -0.2) is 22.4 Å². The first-order valence-corrected chi connectivity index (χ1v) is 9.12. The van der Waals surface area contributed by atoms with E-state index in [0.717, 1.165) is 22.5 Å². The number of fused-ring (bicyclic) bond motifs is 1. The zero-order valence-corrected chi connectivity index (χ0v) is 16.2. The molecule has 4 aromatic rings. The van der Waals surface area contributed by atoms with Crippen LogP contribution in [0.25, 0.3) is 16.9 Å². The van der Waals surface area contributed by atoms with Crippen molar-refractivity contribution in [2.45, 2.75) is 6.92 Å². The summed E-state index contributed by atoms with van der Waals surface area (Å²) in [5, 5.41) is 3.28. The summed E-state index contributed by atoms with van der Waals surface area (Å²) < 4.78 is 7.37. The maximum Gasteiger partial charge on any atom is 0.257 e. The molecule has 0 saturated heterocycles. The number of amides is 1. The second kappa shape index (κ2) is 7.37. The van der Waals surface area contributed by atoms with Gasteiger partial charge in [0.2, 0.25) is 0 Å². The Morgan fingerprint density at radius 3 is 2.75 bits per heavy atom. The average molecular weight is 392 g/mol. The molecule has 0 unspecified atom stereocenters. The summed E-state index contributed by atoms with van der Waals surface area (Å²) in [4.78, 5) is 17.3. The van der Waals surface area contributed by atoms with Gasteiger partial charge in [-0.1, -0.05) is 23.7 Å². The Balaban J connectivity index is 1.71. The van der Waals surface area contributed by atoms with Crippen molar-refractivity contribution in [2.75, 3.05) is 12.4 Å². The standard InChI is InChI=1S/C22H18ClN3O2/c1-14-9-10-26-13-19(24-21(26)11-14)15-7-8-20(28-2)18(12-15)25-22(27)16-5-3-4-6-17(16)23/h3-13H,1-2H3,(H,25,27). The predicted molar refractivity (Wildman–Crippen MR) is 111 cm³/mol. The second-order valence-electron chi connectivity index (χ2n) is 6.44. The Kier molecular flexibility index (Phi) is 4.75. The number of nitrogens with zero attached hydrogens (tertiary/aromatic N) is 2. The third-order valence-electron chi connectivity index (χ3n) is 4.48. The number of nitrogens with one attached hydrogen (secondary N) is 1. The lowest BCUT2D eigenvalue weighted by molar-refractivity contribution is 0.102. The van der Waals surface area contributed by atoms with Crippen molar-refractivity contribution in [1.29, 1.82) is 0 Å². The number of anilines is 1. The summed E-state index contributed by atoms with van der Waals surface area (Å²) in [6.07, 6.45) is 3.93. The van der Waals surface area contributed by atoms with Gasteiger partial charge in [-0.25, -0.2) is 4.98 Å². The zero-order chi connectivity index (χ0) is 19.7. The van der Waals surface area contributed by atoms with Crippen LogP contribution in [-0.2, 0) is 0 Å². The van der Waals surface area contributed by atoms with Gasteiger partial charge in [0.05, 0.1) is 29.1 Å². The van der Waals surface area contributed by atoms with Gasteiger partial charge in [-0.3, -0.25) is 4.79 Å². The number of methoxy groups -OCH3 is 1. The summed E-state index contributed by atoms with van der Waals surface area (Å²) in [6.45, 7) is 2.03. The highest BCUT2D eigenvalue weighted by molar-refractivity contribution is 6.34. The molecule has 0 spiro atoms. The molecule has 6 heteroatoms. The van der Waals surface area contributed by atoms with Crippen molar-refractivity contribution in [1.82, 2.24) is 9.38 Å². The lowest BCUT2D eigenvalue weighted by Gasteiger charge is -2.12. The van der Waals surface area contributed by atoms with Gasteiger partial charge < -0.3 is 14.5 Å². The Morgan fingerprint density at radius 1 is 1.14 bits per heavy atom. The Labute approximate surface area is 167 Å². The highest BCUT2D eigenvalue weighted by atomic mass is 35.5. The number of pyridine rings is 1. The van der Waals surface area contributed by atoms with Crippen LogP contribution in [0.4, 0.5) is 5.69 Å². The second-order valence-corrected chi connectivity index (χ2v) is 6.85. The van der Waals surface area contributed by atoms with E-state index in [0.29, 0.717) is 22.0 Å². The lowest BCUT2D eigenvalue weighted by atomic mass is 10.1. The van der Waals surface area contributed by atoms with Gasteiger partial charge in [-0.15, -0.1) is 0 Å². The summed E-state index contributed by atoms with van der Waals surface area (Å²) >= 11 is 6.14. The minimum atomic E-state index is -0.299. The van der Waals surface area contributed by atoms with E-state index in [4.69, 9.17) is 16.3 Å². The Hall–Kier alpha value is -3.31. The molecule has 28 heavy (non-hydrogen) atoms. The van der Waals surface area contributed by atoms with Crippen LogP contribution in [0.5, 0.6) is 5.75 Å². The quantitative estimate of drug-likeness (QED) is 0.518. The normalized spacial score (nSPS) is 10.8. The van der Waals surface area contributed by atoms with E-state index in [-0.39, 0.29) is 5.91 Å². The SMILES string of the molecule is COc1ccc(-c2cn3ccc(C)cc3n2)cc1NC(=O)c1ccccc1Cl. The largest absolute Gasteiger partial charge is 0.495 e. The zero-order valence-electron chi connectivity index (χ0n) is 15.4. The monoisotopic (exact) mass is 391 g/mol. The highest BCUT2D eigenvalue weighted by Gasteiger charge is 2.14. The molecule has 4 rings (SSSR count). The molecule has 0 aliphatic carbocycles. The average Bonchev–Trinajstić information content (AvgIpc) is 3.11. The first kappa shape index (κ1) is 18.1. The number of ether oxygens (including phenoxy) is 1. The predicted octanol–water partition coefficient (Wildman–Crippen LogP) is 5.22. The van der Waals surface area contributed by atoms with Crippen molar-refractivity contribution in [3.05, 3.63) is 83.1 Å². The third-order valence-corrected chi connectivity index (χ3v) is 4.81. The summed E-state index contributed by atoms with van der Waals surface area (Å²) in [6, 6.07) is 16.5. The minimum absolute atomic E-state index is 0.299. The van der Waals surface area contributed by atoms with E-state index >= 15 is 0 Å². The van der Waals surface area contributed by atoms with Gasteiger partial charge in [0.25, 0.3) is 5.91 Å². The lowest BCUT2D eigenvalue weighted by Crippen LogP contribution is -2.13.